The molecular weight excluding hydrogens is 252 g/mol. The molecule has 0 aliphatic heterocycles. The second-order valence-electron chi connectivity index (χ2n) is 4.79. The van der Waals surface area contributed by atoms with Gasteiger partial charge >= 0.3 is 0 Å². The average molecular weight is 274 g/mol. The van der Waals surface area contributed by atoms with Crippen LogP contribution in [0.1, 0.15) is 36.9 Å². The smallest absolute Gasteiger partial charge is 0.125 e. The SMILES string of the molecule is CCOc1ccccc1C(O)Cc1cc(CC)nn1C. The monoisotopic (exact) mass is 274 g/mol. The zero-order valence-electron chi connectivity index (χ0n) is 12.3. The molecule has 20 heavy (non-hydrogen) atoms. The first-order valence-electron chi connectivity index (χ1n) is 7.07. The Morgan fingerprint density at radius 3 is 2.70 bits per heavy atom. The molecule has 0 saturated carbocycles. The largest absolute Gasteiger partial charge is 0.493 e. The third-order valence-corrected chi connectivity index (χ3v) is 3.37. The van der Waals surface area contributed by atoms with Crippen LogP contribution in [0.5, 0.6) is 5.75 Å². The molecule has 1 N–H and O–H groups in total. The van der Waals surface area contributed by atoms with Crippen molar-refractivity contribution in [2.24, 2.45) is 7.05 Å². The highest BCUT2D eigenvalue weighted by Crippen LogP contribution is 2.27. The van der Waals surface area contributed by atoms with Crippen LogP contribution < -0.4 is 4.74 Å². The number of hydrogen-bond acceptors (Lipinski definition) is 3. The second kappa shape index (κ2) is 6.57. The molecule has 108 valence electrons. The molecule has 1 aromatic heterocycles. The van der Waals surface area contributed by atoms with Crippen molar-refractivity contribution in [2.45, 2.75) is 32.8 Å². The zero-order valence-corrected chi connectivity index (χ0v) is 12.3. The highest BCUT2D eigenvalue weighted by Gasteiger charge is 2.16. The van der Waals surface area contributed by atoms with E-state index in [1.807, 2.05) is 49.0 Å². The minimum atomic E-state index is -0.585. The molecule has 0 spiro atoms. The van der Waals surface area contributed by atoms with Gasteiger partial charge in [-0.15, -0.1) is 0 Å². The summed E-state index contributed by atoms with van der Waals surface area (Å²) >= 11 is 0. The number of ether oxygens (including phenoxy) is 1. The number of aliphatic hydroxyl groups is 1. The molecular formula is C16H22N2O2. The lowest BCUT2D eigenvalue weighted by Gasteiger charge is -2.15. The predicted molar refractivity (Wildman–Crippen MR) is 78.9 cm³/mol. The minimum absolute atomic E-state index is 0.535. The van der Waals surface area contributed by atoms with Crippen molar-refractivity contribution in [3.05, 3.63) is 47.3 Å². The van der Waals surface area contributed by atoms with Crippen LogP contribution in [0.15, 0.2) is 30.3 Å². The Balaban J connectivity index is 2.19. The van der Waals surface area contributed by atoms with Crippen molar-refractivity contribution in [2.75, 3.05) is 6.61 Å². The summed E-state index contributed by atoms with van der Waals surface area (Å²) in [6.07, 6.45) is 0.852. The first kappa shape index (κ1) is 14.6. The molecule has 4 nitrogen and oxygen atoms in total. The van der Waals surface area contributed by atoms with Crippen LogP contribution >= 0.6 is 0 Å². The molecule has 0 fully saturated rings. The van der Waals surface area contributed by atoms with E-state index in [0.717, 1.165) is 29.1 Å². The summed E-state index contributed by atoms with van der Waals surface area (Å²) in [6.45, 7) is 4.61. The van der Waals surface area contributed by atoms with Gasteiger partial charge in [-0.3, -0.25) is 4.68 Å². The number of nitrogens with zero attached hydrogens (tertiary/aromatic N) is 2. The number of benzene rings is 1. The molecule has 0 radical (unpaired) electrons. The average Bonchev–Trinajstić information content (AvgIpc) is 2.80. The Hall–Kier alpha value is -1.81. The first-order chi connectivity index (χ1) is 9.65. The fraction of sp³-hybridized carbons (Fsp3) is 0.438. The van der Waals surface area contributed by atoms with Crippen LogP contribution in [0.25, 0.3) is 0 Å². The van der Waals surface area contributed by atoms with Gasteiger partial charge in [-0.2, -0.15) is 5.10 Å². The molecule has 2 rings (SSSR count). The highest BCUT2D eigenvalue weighted by atomic mass is 16.5. The van der Waals surface area contributed by atoms with Crippen molar-refractivity contribution in [3.8, 4) is 5.75 Å². The van der Waals surface area contributed by atoms with E-state index >= 15 is 0 Å². The van der Waals surface area contributed by atoms with E-state index in [1.165, 1.54) is 0 Å². The summed E-state index contributed by atoms with van der Waals surface area (Å²) in [4.78, 5) is 0. The van der Waals surface area contributed by atoms with E-state index in [4.69, 9.17) is 4.74 Å². The van der Waals surface area contributed by atoms with E-state index in [-0.39, 0.29) is 0 Å². The Bertz CT molecular complexity index is 563. The number of aliphatic hydroxyl groups excluding tert-OH is 1. The Kier molecular flexibility index (Phi) is 4.79. The Labute approximate surface area is 120 Å². The molecule has 0 aliphatic carbocycles. The van der Waals surface area contributed by atoms with E-state index in [9.17, 15) is 5.11 Å². The van der Waals surface area contributed by atoms with Gasteiger partial charge in [-0.1, -0.05) is 25.1 Å². The van der Waals surface area contributed by atoms with E-state index < -0.39 is 6.10 Å². The van der Waals surface area contributed by atoms with Crippen molar-refractivity contribution in [1.82, 2.24) is 9.78 Å². The molecule has 0 amide bonds. The Morgan fingerprint density at radius 1 is 1.30 bits per heavy atom. The van der Waals surface area contributed by atoms with Crippen molar-refractivity contribution in [1.29, 1.82) is 0 Å². The second-order valence-corrected chi connectivity index (χ2v) is 4.79. The highest BCUT2D eigenvalue weighted by molar-refractivity contribution is 5.35. The van der Waals surface area contributed by atoms with E-state index in [2.05, 4.69) is 12.0 Å². The minimum Gasteiger partial charge on any atom is -0.493 e. The zero-order chi connectivity index (χ0) is 14.5. The lowest BCUT2D eigenvalue weighted by molar-refractivity contribution is 0.170. The molecule has 0 bridgehead atoms. The van der Waals surface area contributed by atoms with Gasteiger partial charge in [0.05, 0.1) is 18.4 Å². The van der Waals surface area contributed by atoms with Gasteiger partial charge in [0, 0.05) is 24.7 Å². The predicted octanol–water partition coefficient (Wildman–Crippen LogP) is 2.66. The van der Waals surface area contributed by atoms with Gasteiger partial charge in [-0.25, -0.2) is 0 Å². The quantitative estimate of drug-likeness (QED) is 0.881. The molecule has 0 saturated heterocycles. The summed E-state index contributed by atoms with van der Waals surface area (Å²) in [5.41, 5.74) is 2.90. The maximum Gasteiger partial charge on any atom is 0.125 e. The first-order valence-corrected chi connectivity index (χ1v) is 7.07. The van der Waals surface area contributed by atoms with Gasteiger partial charge in [0.2, 0.25) is 0 Å². The lowest BCUT2D eigenvalue weighted by Crippen LogP contribution is -2.08. The topological polar surface area (TPSA) is 47.3 Å². The standard InChI is InChI=1S/C16H22N2O2/c1-4-12-10-13(18(3)17-12)11-15(19)14-8-6-7-9-16(14)20-5-2/h6-10,15,19H,4-5,11H2,1-3H3. The number of hydrogen-bond donors (Lipinski definition) is 1. The van der Waals surface area contributed by atoms with Crippen molar-refractivity contribution < 1.29 is 9.84 Å². The summed E-state index contributed by atoms with van der Waals surface area (Å²) in [5, 5.41) is 14.9. The van der Waals surface area contributed by atoms with Gasteiger partial charge in [0.15, 0.2) is 0 Å². The summed E-state index contributed by atoms with van der Waals surface area (Å²) in [5.74, 6) is 0.750. The number of aromatic nitrogens is 2. The van der Waals surface area contributed by atoms with Gasteiger partial charge in [-0.05, 0) is 25.5 Å². The van der Waals surface area contributed by atoms with Gasteiger partial charge < -0.3 is 9.84 Å². The number of para-hydroxylation sites is 1. The van der Waals surface area contributed by atoms with Crippen LogP contribution in [0.3, 0.4) is 0 Å². The van der Waals surface area contributed by atoms with Crippen LogP contribution in [-0.4, -0.2) is 21.5 Å². The molecule has 1 atom stereocenters. The Morgan fingerprint density at radius 2 is 2.05 bits per heavy atom. The summed E-state index contributed by atoms with van der Waals surface area (Å²) < 4.78 is 7.41. The summed E-state index contributed by atoms with van der Waals surface area (Å²) in [7, 11) is 1.91. The normalized spacial score (nSPS) is 12.4. The number of rotatable bonds is 6. The van der Waals surface area contributed by atoms with Crippen LogP contribution in [0.2, 0.25) is 0 Å². The molecule has 0 aliphatic rings. The number of aryl methyl sites for hydroxylation is 2. The lowest BCUT2D eigenvalue weighted by atomic mass is 10.0. The van der Waals surface area contributed by atoms with Crippen LogP contribution in [0, 0.1) is 0 Å². The fourth-order valence-corrected chi connectivity index (χ4v) is 2.29. The van der Waals surface area contributed by atoms with E-state index in [1.54, 1.807) is 0 Å². The third kappa shape index (κ3) is 3.20. The molecule has 1 unspecified atom stereocenters. The maximum atomic E-state index is 10.5. The van der Waals surface area contributed by atoms with Crippen molar-refractivity contribution in [3.63, 3.8) is 0 Å². The van der Waals surface area contributed by atoms with Gasteiger partial charge in [0.1, 0.15) is 5.75 Å². The molecule has 1 heterocycles. The van der Waals surface area contributed by atoms with E-state index in [0.29, 0.717) is 13.0 Å². The molecule has 1 aromatic carbocycles. The third-order valence-electron chi connectivity index (χ3n) is 3.37. The van der Waals surface area contributed by atoms with Gasteiger partial charge in [0.25, 0.3) is 0 Å². The van der Waals surface area contributed by atoms with Crippen LogP contribution in [-0.2, 0) is 19.9 Å². The van der Waals surface area contributed by atoms with Crippen molar-refractivity contribution >= 4 is 0 Å². The fourth-order valence-electron chi connectivity index (χ4n) is 2.29. The van der Waals surface area contributed by atoms with Crippen LogP contribution in [0.4, 0.5) is 0 Å². The summed E-state index contributed by atoms with van der Waals surface area (Å²) in [6, 6.07) is 9.68. The maximum absolute atomic E-state index is 10.5. The molecule has 2 aromatic rings. The molecule has 4 heteroatoms.